The SMILES string of the molecule is O=C(CN1CC[C@@H]2CCCC[C@@H]2C1)Nc1cc(F)ccc1F. The Labute approximate surface area is 129 Å². The van der Waals surface area contributed by atoms with E-state index in [1.165, 1.54) is 25.7 Å². The molecule has 1 aromatic rings. The molecule has 0 bridgehead atoms. The zero-order valence-electron chi connectivity index (χ0n) is 12.7. The summed E-state index contributed by atoms with van der Waals surface area (Å²) in [5.41, 5.74) is -0.0856. The molecule has 1 N–H and O–H groups in total. The maximum Gasteiger partial charge on any atom is 0.238 e. The van der Waals surface area contributed by atoms with Crippen molar-refractivity contribution in [2.75, 3.05) is 25.0 Å². The third kappa shape index (κ3) is 3.64. The highest BCUT2D eigenvalue weighted by Gasteiger charge is 2.31. The Kier molecular flexibility index (Phi) is 4.71. The first-order valence-electron chi connectivity index (χ1n) is 8.09. The fraction of sp³-hybridized carbons (Fsp3) is 0.588. The minimum absolute atomic E-state index is 0.0856. The summed E-state index contributed by atoms with van der Waals surface area (Å²) in [7, 11) is 0. The summed E-state index contributed by atoms with van der Waals surface area (Å²) in [5.74, 6) is 0.0640. The first-order chi connectivity index (χ1) is 10.6. The number of rotatable bonds is 3. The molecule has 22 heavy (non-hydrogen) atoms. The van der Waals surface area contributed by atoms with Gasteiger partial charge in [0.2, 0.25) is 5.91 Å². The molecular formula is C17H22F2N2O. The van der Waals surface area contributed by atoms with Crippen LogP contribution in [0.15, 0.2) is 18.2 Å². The second-order valence-electron chi connectivity index (χ2n) is 6.50. The Morgan fingerprint density at radius 2 is 1.95 bits per heavy atom. The number of benzene rings is 1. The van der Waals surface area contributed by atoms with Crippen molar-refractivity contribution in [1.82, 2.24) is 4.90 Å². The minimum Gasteiger partial charge on any atom is -0.322 e. The number of carbonyl (C=O) groups excluding carboxylic acids is 1. The summed E-state index contributed by atoms with van der Waals surface area (Å²) in [6.45, 7) is 2.11. The lowest BCUT2D eigenvalue weighted by Crippen LogP contribution is -2.44. The van der Waals surface area contributed by atoms with Gasteiger partial charge in [-0.15, -0.1) is 0 Å². The molecule has 1 saturated heterocycles. The van der Waals surface area contributed by atoms with E-state index in [1.807, 2.05) is 0 Å². The van der Waals surface area contributed by atoms with Gasteiger partial charge in [-0.3, -0.25) is 9.69 Å². The molecule has 1 saturated carbocycles. The van der Waals surface area contributed by atoms with Crippen LogP contribution in [0.2, 0.25) is 0 Å². The molecule has 2 aliphatic rings. The van der Waals surface area contributed by atoms with Gasteiger partial charge in [0.15, 0.2) is 0 Å². The maximum absolute atomic E-state index is 13.5. The molecule has 1 amide bonds. The quantitative estimate of drug-likeness (QED) is 0.928. The van der Waals surface area contributed by atoms with E-state index in [4.69, 9.17) is 0 Å². The highest BCUT2D eigenvalue weighted by atomic mass is 19.1. The molecular weight excluding hydrogens is 286 g/mol. The highest BCUT2D eigenvalue weighted by Crippen LogP contribution is 2.35. The summed E-state index contributed by atoms with van der Waals surface area (Å²) < 4.78 is 26.6. The van der Waals surface area contributed by atoms with Crippen LogP contribution in [0.4, 0.5) is 14.5 Å². The van der Waals surface area contributed by atoms with Crippen molar-refractivity contribution < 1.29 is 13.6 Å². The normalized spacial score (nSPS) is 25.5. The molecule has 0 unspecified atom stereocenters. The number of halogens is 2. The highest BCUT2D eigenvalue weighted by molar-refractivity contribution is 5.92. The lowest BCUT2D eigenvalue weighted by molar-refractivity contribution is -0.118. The standard InChI is InChI=1S/C17H22F2N2O/c18-14-5-6-15(19)16(9-14)20-17(22)11-21-8-7-12-3-1-2-4-13(12)10-21/h5-6,9,12-13H,1-4,7-8,10-11H2,(H,20,22)/t12-,13+/m0/s1. The molecule has 3 rings (SSSR count). The second-order valence-corrected chi connectivity index (χ2v) is 6.50. The van der Waals surface area contributed by atoms with Crippen molar-refractivity contribution in [3.8, 4) is 0 Å². The van der Waals surface area contributed by atoms with Crippen molar-refractivity contribution >= 4 is 11.6 Å². The number of carbonyl (C=O) groups is 1. The third-order valence-corrected chi connectivity index (χ3v) is 4.95. The second kappa shape index (κ2) is 6.73. The smallest absolute Gasteiger partial charge is 0.238 e. The predicted octanol–water partition coefficient (Wildman–Crippen LogP) is 3.42. The van der Waals surface area contributed by atoms with Gasteiger partial charge in [0.25, 0.3) is 0 Å². The monoisotopic (exact) mass is 308 g/mol. The summed E-state index contributed by atoms with van der Waals surface area (Å²) >= 11 is 0. The number of piperidine rings is 1. The Morgan fingerprint density at radius 3 is 2.77 bits per heavy atom. The molecule has 1 aliphatic carbocycles. The number of likely N-dealkylation sites (tertiary alicyclic amines) is 1. The maximum atomic E-state index is 13.5. The van der Waals surface area contributed by atoms with Crippen LogP contribution >= 0.6 is 0 Å². The zero-order chi connectivity index (χ0) is 15.5. The number of hydrogen-bond donors (Lipinski definition) is 1. The van der Waals surface area contributed by atoms with Gasteiger partial charge in [0.1, 0.15) is 11.6 Å². The summed E-state index contributed by atoms with van der Waals surface area (Å²) in [4.78, 5) is 14.2. The molecule has 1 heterocycles. The van der Waals surface area contributed by atoms with Gasteiger partial charge in [-0.05, 0) is 43.4 Å². The van der Waals surface area contributed by atoms with E-state index in [0.29, 0.717) is 5.92 Å². The number of fused-ring (bicyclic) bond motifs is 1. The Hall–Kier alpha value is -1.49. The Balaban J connectivity index is 1.54. The van der Waals surface area contributed by atoms with Crippen molar-refractivity contribution in [3.63, 3.8) is 0 Å². The van der Waals surface area contributed by atoms with Crippen LogP contribution < -0.4 is 5.32 Å². The molecule has 1 aliphatic heterocycles. The van der Waals surface area contributed by atoms with E-state index in [2.05, 4.69) is 10.2 Å². The zero-order valence-corrected chi connectivity index (χ0v) is 12.7. The molecule has 2 atom stereocenters. The van der Waals surface area contributed by atoms with Crippen LogP contribution in [0.5, 0.6) is 0 Å². The molecule has 1 aromatic carbocycles. The molecule has 2 fully saturated rings. The number of amides is 1. The van der Waals surface area contributed by atoms with Gasteiger partial charge in [-0.25, -0.2) is 8.78 Å². The first-order valence-corrected chi connectivity index (χ1v) is 8.09. The van der Waals surface area contributed by atoms with Crippen LogP contribution in [0.3, 0.4) is 0 Å². The topological polar surface area (TPSA) is 32.3 Å². The van der Waals surface area contributed by atoms with Crippen molar-refractivity contribution in [3.05, 3.63) is 29.8 Å². The van der Waals surface area contributed by atoms with Gasteiger partial charge < -0.3 is 5.32 Å². The Bertz CT molecular complexity index is 549. The summed E-state index contributed by atoms with van der Waals surface area (Å²) in [6, 6.07) is 3.08. The van der Waals surface area contributed by atoms with Gasteiger partial charge in [-0.1, -0.05) is 19.3 Å². The first kappa shape index (κ1) is 15.4. The largest absolute Gasteiger partial charge is 0.322 e. The average molecular weight is 308 g/mol. The lowest BCUT2D eigenvalue weighted by atomic mass is 9.75. The van der Waals surface area contributed by atoms with Gasteiger partial charge in [0, 0.05) is 12.6 Å². The number of nitrogens with zero attached hydrogens (tertiary/aromatic N) is 1. The molecule has 3 nitrogen and oxygen atoms in total. The van der Waals surface area contributed by atoms with Crippen LogP contribution in [-0.2, 0) is 4.79 Å². The summed E-state index contributed by atoms with van der Waals surface area (Å²) in [5, 5.41) is 2.47. The molecule has 0 aromatic heterocycles. The van der Waals surface area contributed by atoms with Crippen LogP contribution in [0, 0.1) is 23.5 Å². The van der Waals surface area contributed by atoms with E-state index in [0.717, 1.165) is 43.6 Å². The van der Waals surface area contributed by atoms with Crippen LogP contribution in [0.1, 0.15) is 32.1 Å². The number of hydrogen-bond acceptors (Lipinski definition) is 2. The fourth-order valence-corrected chi connectivity index (χ4v) is 3.81. The van der Waals surface area contributed by atoms with E-state index >= 15 is 0 Å². The predicted molar refractivity (Wildman–Crippen MR) is 81.5 cm³/mol. The Morgan fingerprint density at radius 1 is 1.18 bits per heavy atom. The van der Waals surface area contributed by atoms with E-state index in [1.54, 1.807) is 0 Å². The van der Waals surface area contributed by atoms with Gasteiger partial charge >= 0.3 is 0 Å². The molecule has 5 heteroatoms. The molecule has 0 spiro atoms. The van der Waals surface area contributed by atoms with Gasteiger partial charge in [0.05, 0.1) is 12.2 Å². The minimum atomic E-state index is -0.610. The van der Waals surface area contributed by atoms with E-state index in [9.17, 15) is 13.6 Å². The third-order valence-electron chi connectivity index (χ3n) is 4.95. The van der Waals surface area contributed by atoms with Crippen molar-refractivity contribution in [2.45, 2.75) is 32.1 Å². The molecule has 120 valence electrons. The van der Waals surface area contributed by atoms with Crippen LogP contribution in [0.25, 0.3) is 0 Å². The summed E-state index contributed by atoms with van der Waals surface area (Å²) in [6.07, 6.45) is 6.34. The van der Waals surface area contributed by atoms with Crippen molar-refractivity contribution in [1.29, 1.82) is 0 Å². The van der Waals surface area contributed by atoms with E-state index in [-0.39, 0.29) is 18.1 Å². The number of anilines is 1. The van der Waals surface area contributed by atoms with E-state index < -0.39 is 11.6 Å². The fourth-order valence-electron chi connectivity index (χ4n) is 3.81. The van der Waals surface area contributed by atoms with Crippen LogP contribution in [-0.4, -0.2) is 30.4 Å². The van der Waals surface area contributed by atoms with Crippen molar-refractivity contribution in [2.24, 2.45) is 11.8 Å². The van der Waals surface area contributed by atoms with Gasteiger partial charge in [-0.2, -0.15) is 0 Å². The number of nitrogens with one attached hydrogen (secondary N) is 1. The lowest BCUT2D eigenvalue weighted by Gasteiger charge is -2.41. The average Bonchev–Trinajstić information content (AvgIpc) is 2.51. The molecule has 0 radical (unpaired) electrons.